The average Bonchev–Trinajstić information content (AvgIpc) is 2.87. The first-order valence-corrected chi connectivity index (χ1v) is 12.8. The molecule has 3 aromatic carbocycles. The molecule has 0 spiro atoms. The van der Waals surface area contributed by atoms with E-state index >= 15 is 0 Å². The number of primary amides is 1. The van der Waals surface area contributed by atoms with Gasteiger partial charge in [0.1, 0.15) is 11.6 Å². The van der Waals surface area contributed by atoms with E-state index < -0.39 is 40.4 Å². The van der Waals surface area contributed by atoms with Gasteiger partial charge in [0.05, 0.1) is 30.7 Å². The molecule has 0 aliphatic rings. The number of carbonyl (C=O) groups is 1. The third-order valence-corrected chi connectivity index (χ3v) is 7.54. The Morgan fingerprint density at radius 3 is 2.36 bits per heavy atom. The summed E-state index contributed by atoms with van der Waals surface area (Å²) in [5, 5.41) is 14.3. The average molecular weight is 516 g/mol. The minimum atomic E-state index is -4.30. The van der Waals surface area contributed by atoms with E-state index in [-0.39, 0.29) is 17.9 Å². The minimum Gasteiger partial charge on any atom is -0.497 e. The van der Waals surface area contributed by atoms with Crippen LogP contribution < -0.4 is 15.8 Å². The summed E-state index contributed by atoms with van der Waals surface area (Å²) < 4.78 is 46.6. The van der Waals surface area contributed by atoms with Crippen LogP contribution in [0, 0.1) is 5.82 Å². The Morgan fingerprint density at radius 2 is 1.72 bits per heavy atom. The summed E-state index contributed by atoms with van der Waals surface area (Å²) in [4.78, 5) is 11.7. The van der Waals surface area contributed by atoms with Crippen molar-refractivity contribution < 1.29 is 27.4 Å². The highest BCUT2D eigenvalue weighted by molar-refractivity contribution is 7.89. The van der Waals surface area contributed by atoms with Crippen LogP contribution in [0.5, 0.6) is 5.75 Å². The molecule has 0 heterocycles. The number of ether oxygens (including phenoxy) is 1. The molecule has 0 radical (unpaired) electrons. The fourth-order valence-corrected chi connectivity index (χ4v) is 5.46. The van der Waals surface area contributed by atoms with Crippen LogP contribution in [0.25, 0.3) is 0 Å². The largest absolute Gasteiger partial charge is 0.497 e. The predicted molar refractivity (Wildman–Crippen MR) is 134 cm³/mol. The number of nitrogens with one attached hydrogen (secondary N) is 1. The lowest BCUT2D eigenvalue weighted by atomic mass is 10.0. The molecule has 3 rings (SSSR count). The van der Waals surface area contributed by atoms with Gasteiger partial charge in [-0.3, -0.25) is 4.79 Å². The van der Waals surface area contributed by atoms with Gasteiger partial charge in [0.15, 0.2) is 0 Å². The van der Waals surface area contributed by atoms with Gasteiger partial charge in [-0.1, -0.05) is 42.5 Å². The van der Waals surface area contributed by atoms with Gasteiger partial charge in [-0.05, 0) is 53.9 Å². The van der Waals surface area contributed by atoms with Gasteiger partial charge in [0.2, 0.25) is 15.9 Å². The van der Waals surface area contributed by atoms with Crippen molar-refractivity contribution >= 4 is 15.9 Å². The second-order valence-corrected chi connectivity index (χ2v) is 10.2. The Morgan fingerprint density at radius 1 is 1.06 bits per heavy atom. The zero-order chi connectivity index (χ0) is 26.1. The molecule has 0 saturated heterocycles. The molecule has 0 fully saturated rings. The molecule has 0 unspecified atom stereocenters. The van der Waals surface area contributed by atoms with E-state index in [1.54, 1.807) is 31.4 Å². The molecule has 36 heavy (non-hydrogen) atoms. The number of nitrogens with two attached hydrogens (primary N) is 1. The number of hydrogen-bond acceptors (Lipinski definition) is 6. The first kappa shape index (κ1) is 27.3. The number of benzene rings is 3. The first-order chi connectivity index (χ1) is 17.2. The Balaban J connectivity index is 1.89. The minimum absolute atomic E-state index is 0.0307. The van der Waals surface area contributed by atoms with Crippen molar-refractivity contribution in [3.63, 3.8) is 0 Å². The summed E-state index contributed by atoms with van der Waals surface area (Å²) in [5.41, 5.74) is 7.09. The number of carbonyl (C=O) groups excluding carboxylic acids is 1. The van der Waals surface area contributed by atoms with Gasteiger partial charge in [0.25, 0.3) is 0 Å². The van der Waals surface area contributed by atoms with E-state index in [0.717, 1.165) is 39.7 Å². The lowest BCUT2D eigenvalue weighted by molar-refractivity contribution is -0.118. The molecule has 192 valence electrons. The van der Waals surface area contributed by atoms with E-state index in [4.69, 9.17) is 10.5 Å². The molecule has 1 amide bonds. The third-order valence-electron chi connectivity index (χ3n) is 5.65. The second-order valence-electron chi connectivity index (χ2n) is 8.28. The smallest absolute Gasteiger partial charge is 0.243 e. The van der Waals surface area contributed by atoms with Crippen molar-refractivity contribution in [3.8, 4) is 5.75 Å². The van der Waals surface area contributed by atoms with E-state index in [2.05, 4.69) is 5.32 Å². The van der Waals surface area contributed by atoms with Crippen molar-refractivity contribution in [2.45, 2.75) is 30.0 Å². The van der Waals surface area contributed by atoms with Crippen molar-refractivity contribution in [1.29, 1.82) is 0 Å². The number of methoxy groups -OCH3 is 1. The maximum atomic E-state index is 13.5. The predicted octanol–water partition coefficient (Wildman–Crippen LogP) is 2.07. The molecule has 3 aromatic rings. The van der Waals surface area contributed by atoms with Gasteiger partial charge in [-0.25, -0.2) is 12.8 Å². The molecule has 0 bridgehead atoms. The number of nitrogens with zero attached hydrogens (tertiary/aromatic N) is 1. The molecule has 0 saturated carbocycles. The van der Waals surface area contributed by atoms with Crippen LogP contribution in [-0.4, -0.2) is 56.1 Å². The molecular formula is C26H30FN3O5S. The Bertz CT molecular complexity index is 1240. The SMILES string of the molecule is COc1cccc(CNC[C@@H](O)[C@H](Cc2ccccc2)N(CC(N)=O)S(=O)(=O)c2ccc(F)cc2)c1. The lowest BCUT2D eigenvalue weighted by Gasteiger charge is -2.33. The van der Waals surface area contributed by atoms with Crippen molar-refractivity contribution in [2.24, 2.45) is 5.73 Å². The van der Waals surface area contributed by atoms with Gasteiger partial charge in [-0.2, -0.15) is 4.31 Å². The highest BCUT2D eigenvalue weighted by atomic mass is 32.2. The summed E-state index contributed by atoms with van der Waals surface area (Å²) in [5.74, 6) is -0.789. The number of amides is 1. The standard InChI is InChI=1S/C26H30FN3O5S/c1-35-22-9-5-8-20(14-22)16-29-17-25(31)24(15-19-6-3-2-4-7-19)30(18-26(28)32)36(33,34)23-12-10-21(27)11-13-23/h2-14,24-25,29,31H,15-18H2,1H3,(H2,28,32)/t24-,25+/m0/s1. The summed E-state index contributed by atoms with van der Waals surface area (Å²) in [6.45, 7) is -0.222. The quantitative estimate of drug-likeness (QED) is 0.320. The van der Waals surface area contributed by atoms with Crippen LogP contribution in [0.15, 0.2) is 83.8 Å². The molecule has 0 aromatic heterocycles. The number of aliphatic hydroxyl groups excluding tert-OH is 1. The number of sulfonamides is 1. The van der Waals surface area contributed by atoms with Crippen LogP contribution in [0.1, 0.15) is 11.1 Å². The molecule has 4 N–H and O–H groups in total. The summed E-state index contributed by atoms with van der Waals surface area (Å²) in [7, 11) is -2.73. The summed E-state index contributed by atoms with van der Waals surface area (Å²) in [6, 6.07) is 19.7. The Labute approximate surface area is 210 Å². The van der Waals surface area contributed by atoms with E-state index in [1.165, 1.54) is 0 Å². The van der Waals surface area contributed by atoms with Gasteiger partial charge in [0, 0.05) is 13.1 Å². The first-order valence-electron chi connectivity index (χ1n) is 11.3. The lowest BCUT2D eigenvalue weighted by Crippen LogP contribution is -2.53. The Kier molecular flexibility index (Phi) is 9.54. The van der Waals surface area contributed by atoms with Crippen LogP contribution in [0.3, 0.4) is 0 Å². The highest BCUT2D eigenvalue weighted by Crippen LogP contribution is 2.23. The van der Waals surface area contributed by atoms with Crippen molar-refractivity contribution in [1.82, 2.24) is 9.62 Å². The molecule has 10 heteroatoms. The van der Waals surface area contributed by atoms with Crippen LogP contribution in [-0.2, 0) is 27.8 Å². The third kappa shape index (κ3) is 7.34. The van der Waals surface area contributed by atoms with Crippen LogP contribution in [0.4, 0.5) is 4.39 Å². The van der Waals surface area contributed by atoms with Gasteiger partial charge >= 0.3 is 0 Å². The van der Waals surface area contributed by atoms with E-state index in [1.807, 2.05) is 30.3 Å². The normalized spacial score (nSPS) is 13.3. The van der Waals surface area contributed by atoms with E-state index in [0.29, 0.717) is 12.3 Å². The van der Waals surface area contributed by atoms with Gasteiger partial charge < -0.3 is 20.9 Å². The monoisotopic (exact) mass is 515 g/mol. The zero-order valence-electron chi connectivity index (χ0n) is 19.9. The van der Waals surface area contributed by atoms with Gasteiger partial charge in [-0.15, -0.1) is 0 Å². The van der Waals surface area contributed by atoms with Crippen molar-refractivity contribution in [2.75, 3.05) is 20.2 Å². The highest BCUT2D eigenvalue weighted by Gasteiger charge is 2.36. The summed E-state index contributed by atoms with van der Waals surface area (Å²) in [6.07, 6.45) is -1.08. The fraction of sp³-hybridized carbons (Fsp3) is 0.269. The number of hydrogen-bond donors (Lipinski definition) is 3. The molecule has 2 atom stereocenters. The second kappa shape index (κ2) is 12.6. The topological polar surface area (TPSA) is 122 Å². The molecule has 8 nitrogen and oxygen atoms in total. The maximum Gasteiger partial charge on any atom is 0.243 e. The molecule has 0 aliphatic carbocycles. The molecular weight excluding hydrogens is 485 g/mol. The van der Waals surface area contributed by atoms with Crippen molar-refractivity contribution in [3.05, 3.63) is 95.8 Å². The Hall–Kier alpha value is -3.31. The number of halogens is 1. The van der Waals surface area contributed by atoms with Crippen LogP contribution >= 0.6 is 0 Å². The summed E-state index contributed by atoms with van der Waals surface area (Å²) >= 11 is 0. The van der Waals surface area contributed by atoms with Crippen LogP contribution in [0.2, 0.25) is 0 Å². The number of aliphatic hydroxyl groups is 1. The number of rotatable bonds is 13. The van der Waals surface area contributed by atoms with E-state index in [9.17, 15) is 22.7 Å². The zero-order valence-corrected chi connectivity index (χ0v) is 20.7. The fourth-order valence-electron chi connectivity index (χ4n) is 3.84. The molecule has 0 aliphatic heterocycles. The maximum absolute atomic E-state index is 13.5.